The van der Waals surface area contributed by atoms with E-state index in [4.69, 9.17) is 16.3 Å². The predicted octanol–water partition coefficient (Wildman–Crippen LogP) is 2.21. The third kappa shape index (κ3) is 4.18. The summed E-state index contributed by atoms with van der Waals surface area (Å²) in [7, 11) is 0. The predicted molar refractivity (Wildman–Crippen MR) is 87.5 cm³/mol. The number of aromatic nitrogens is 2. The van der Waals surface area contributed by atoms with Gasteiger partial charge in [0.15, 0.2) is 0 Å². The molecule has 1 amide bonds. The maximum Gasteiger partial charge on any atom is 0.257 e. The first-order chi connectivity index (χ1) is 11.2. The minimum atomic E-state index is -0.0578. The number of anilines is 1. The van der Waals surface area contributed by atoms with Crippen LogP contribution in [0.15, 0.2) is 36.7 Å². The van der Waals surface area contributed by atoms with E-state index in [1.54, 1.807) is 17.3 Å². The Morgan fingerprint density at radius 2 is 1.83 bits per heavy atom. The SMILES string of the molecule is O=C(c1cnc(NCc2ccc(Cl)cc2)nc1)N1CCOCC1. The van der Waals surface area contributed by atoms with E-state index in [2.05, 4.69) is 15.3 Å². The molecular weight excluding hydrogens is 316 g/mol. The Hall–Kier alpha value is -2.18. The van der Waals surface area contributed by atoms with Gasteiger partial charge in [0.25, 0.3) is 5.91 Å². The van der Waals surface area contributed by atoms with Gasteiger partial charge in [-0.2, -0.15) is 0 Å². The number of hydrogen-bond donors (Lipinski definition) is 1. The molecule has 0 aliphatic carbocycles. The fourth-order valence-corrected chi connectivity index (χ4v) is 2.39. The van der Waals surface area contributed by atoms with Crippen LogP contribution in [0, 0.1) is 0 Å². The van der Waals surface area contributed by atoms with Crippen LogP contribution >= 0.6 is 11.6 Å². The number of benzene rings is 1. The number of halogens is 1. The number of nitrogens with one attached hydrogen (secondary N) is 1. The average molecular weight is 333 g/mol. The molecule has 0 bridgehead atoms. The van der Waals surface area contributed by atoms with Crippen LogP contribution in [0.2, 0.25) is 5.02 Å². The number of rotatable bonds is 4. The molecule has 0 unspecified atom stereocenters. The van der Waals surface area contributed by atoms with Crippen LogP contribution in [0.4, 0.5) is 5.95 Å². The van der Waals surface area contributed by atoms with Crippen molar-refractivity contribution in [3.63, 3.8) is 0 Å². The van der Waals surface area contributed by atoms with Crippen LogP contribution in [0.5, 0.6) is 0 Å². The molecule has 23 heavy (non-hydrogen) atoms. The summed E-state index contributed by atoms with van der Waals surface area (Å²) in [5.74, 6) is 0.427. The summed E-state index contributed by atoms with van der Waals surface area (Å²) in [5.41, 5.74) is 1.57. The molecule has 6 nitrogen and oxygen atoms in total. The van der Waals surface area contributed by atoms with Gasteiger partial charge in [0.2, 0.25) is 5.95 Å². The first-order valence-corrected chi connectivity index (χ1v) is 7.77. The molecular formula is C16H17ClN4O2. The van der Waals surface area contributed by atoms with Crippen LogP contribution in [0.1, 0.15) is 15.9 Å². The molecule has 2 heterocycles. The lowest BCUT2D eigenvalue weighted by atomic mass is 10.2. The Morgan fingerprint density at radius 3 is 2.48 bits per heavy atom. The van der Waals surface area contributed by atoms with Gasteiger partial charge in [-0.1, -0.05) is 23.7 Å². The summed E-state index contributed by atoms with van der Waals surface area (Å²) in [6.45, 7) is 2.96. The van der Waals surface area contributed by atoms with E-state index in [0.717, 1.165) is 5.56 Å². The molecule has 0 atom stereocenters. The second-order valence-electron chi connectivity index (χ2n) is 5.18. The molecule has 120 valence electrons. The van der Waals surface area contributed by atoms with Gasteiger partial charge in [-0.25, -0.2) is 9.97 Å². The summed E-state index contributed by atoms with van der Waals surface area (Å²) in [5, 5.41) is 3.82. The Bertz CT molecular complexity index is 655. The van der Waals surface area contributed by atoms with Crippen molar-refractivity contribution in [1.82, 2.24) is 14.9 Å². The van der Waals surface area contributed by atoms with Crippen molar-refractivity contribution in [3.8, 4) is 0 Å². The van der Waals surface area contributed by atoms with E-state index in [-0.39, 0.29) is 5.91 Å². The standard InChI is InChI=1S/C16H17ClN4O2/c17-14-3-1-12(2-4-14)9-18-16-19-10-13(11-20-16)15(22)21-5-7-23-8-6-21/h1-4,10-11H,5-9H2,(H,18,19,20). The van der Waals surface area contributed by atoms with E-state index in [1.165, 1.54) is 0 Å². The summed E-state index contributed by atoms with van der Waals surface area (Å²) >= 11 is 5.85. The number of amides is 1. The zero-order valence-corrected chi connectivity index (χ0v) is 13.3. The lowest BCUT2D eigenvalue weighted by Gasteiger charge is -2.26. The van der Waals surface area contributed by atoms with Gasteiger partial charge in [-0.05, 0) is 17.7 Å². The molecule has 0 saturated carbocycles. The molecule has 1 aliphatic rings. The summed E-state index contributed by atoms with van der Waals surface area (Å²) in [6.07, 6.45) is 3.10. The highest BCUT2D eigenvalue weighted by Gasteiger charge is 2.19. The molecule has 1 aromatic carbocycles. The third-order valence-corrected chi connectivity index (χ3v) is 3.81. The van der Waals surface area contributed by atoms with Gasteiger partial charge in [-0.15, -0.1) is 0 Å². The minimum Gasteiger partial charge on any atom is -0.378 e. The fourth-order valence-electron chi connectivity index (χ4n) is 2.26. The third-order valence-electron chi connectivity index (χ3n) is 3.56. The Balaban J connectivity index is 1.58. The summed E-state index contributed by atoms with van der Waals surface area (Å²) in [4.78, 5) is 22.4. The van der Waals surface area contributed by atoms with Crippen molar-refractivity contribution in [2.24, 2.45) is 0 Å². The molecule has 1 aliphatic heterocycles. The normalized spacial score (nSPS) is 14.6. The topological polar surface area (TPSA) is 67.4 Å². The van der Waals surface area contributed by atoms with Crippen LogP contribution in [-0.2, 0) is 11.3 Å². The fraction of sp³-hybridized carbons (Fsp3) is 0.312. The van der Waals surface area contributed by atoms with Crippen LogP contribution in [-0.4, -0.2) is 47.1 Å². The quantitative estimate of drug-likeness (QED) is 0.929. The highest BCUT2D eigenvalue weighted by atomic mass is 35.5. The van der Waals surface area contributed by atoms with Gasteiger partial charge in [0, 0.05) is 37.1 Å². The Labute approximate surface area is 139 Å². The van der Waals surface area contributed by atoms with Gasteiger partial charge < -0.3 is 15.0 Å². The van der Waals surface area contributed by atoms with Crippen molar-refractivity contribution in [2.45, 2.75) is 6.54 Å². The molecule has 0 radical (unpaired) electrons. The molecule has 7 heteroatoms. The molecule has 2 aromatic rings. The molecule has 1 fully saturated rings. The van der Waals surface area contributed by atoms with E-state index >= 15 is 0 Å². The zero-order chi connectivity index (χ0) is 16.1. The second kappa shape index (κ2) is 7.39. The zero-order valence-electron chi connectivity index (χ0n) is 12.5. The van der Waals surface area contributed by atoms with Crippen LogP contribution < -0.4 is 5.32 Å². The maximum absolute atomic E-state index is 12.3. The lowest BCUT2D eigenvalue weighted by molar-refractivity contribution is 0.0302. The van der Waals surface area contributed by atoms with Gasteiger partial charge >= 0.3 is 0 Å². The van der Waals surface area contributed by atoms with Crippen molar-refractivity contribution in [3.05, 3.63) is 52.8 Å². The van der Waals surface area contributed by atoms with Gasteiger partial charge in [0.1, 0.15) is 0 Å². The van der Waals surface area contributed by atoms with Crippen molar-refractivity contribution < 1.29 is 9.53 Å². The Kier molecular flexibility index (Phi) is 5.05. The van der Waals surface area contributed by atoms with Crippen molar-refractivity contribution in [2.75, 3.05) is 31.6 Å². The summed E-state index contributed by atoms with van der Waals surface area (Å²) in [6, 6.07) is 7.55. The lowest BCUT2D eigenvalue weighted by Crippen LogP contribution is -2.40. The largest absolute Gasteiger partial charge is 0.378 e. The number of hydrogen-bond acceptors (Lipinski definition) is 5. The van der Waals surface area contributed by atoms with E-state index in [9.17, 15) is 4.79 Å². The van der Waals surface area contributed by atoms with Crippen LogP contribution in [0.3, 0.4) is 0 Å². The number of carbonyl (C=O) groups is 1. The average Bonchev–Trinajstić information content (AvgIpc) is 2.62. The van der Waals surface area contributed by atoms with Crippen molar-refractivity contribution in [1.29, 1.82) is 0 Å². The highest BCUT2D eigenvalue weighted by Crippen LogP contribution is 2.11. The second-order valence-corrected chi connectivity index (χ2v) is 5.62. The summed E-state index contributed by atoms with van der Waals surface area (Å²) < 4.78 is 5.24. The monoisotopic (exact) mass is 332 g/mol. The molecule has 1 saturated heterocycles. The first-order valence-electron chi connectivity index (χ1n) is 7.40. The number of ether oxygens (including phenoxy) is 1. The maximum atomic E-state index is 12.3. The molecule has 1 N–H and O–H groups in total. The van der Waals surface area contributed by atoms with E-state index in [0.29, 0.717) is 49.4 Å². The van der Waals surface area contributed by atoms with Gasteiger partial charge in [0.05, 0.1) is 18.8 Å². The van der Waals surface area contributed by atoms with Gasteiger partial charge in [-0.3, -0.25) is 4.79 Å². The Morgan fingerprint density at radius 1 is 1.17 bits per heavy atom. The molecule has 3 rings (SSSR count). The van der Waals surface area contributed by atoms with E-state index in [1.807, 2.05) is 24.3 Å². The molecule has 1 aromatic heterocycles. The van der Waals surface area contributed by atoms with Crippen molar-refractivity contribution >= 4 is 23.5 Å². The number of morpholine rings is 1. The number of carbonyl (C=O) groups excluding carboxylic acids is 1. The smallest absolute Gasteiger partial charge is 0.257 e. The number of nitrogens with zero attached hydrogens (tertiary/aromatic N) is 3. The van der Waals surface area contributed by atoms with E-state index < -0.39 is 0 Å². The molecule has 0 spiro atoms. The first kappa shape index (κ1) is 15.7. The van der Waals surface area contributed by atoms with Crippen LogP contribution in [0.25, 0.3) is 0 Å². The minimum absolute atomic E-state index is 0.0578. The highest BCUT2D eigenvalue weighted by molar-refractivity contribution is 6.30.